The topological polar surface area (TPSA) is 60.8 Å². The first-order valence-corrected chi connectivity index (χ1v) is 10.4. The normalized spacial score (nSPS) is 14.5. The molecule has 0 unspecified atom stereocenters. The zero-order valence-corrected chi connectivity index (χ0v) is 18.3. The summed E-state index contributed by atoms with van der Waals surface area (Å²) in [5, 5.41) is 8.43. The third-order valence-electron chi connectivity index (χ3n) is 5.16. The Bertz CT molecular complexity index is 798. The van der Waals surface area contributed by atoms with Gasteiger partial charge in [0.1, 0.15) is 5.82 Å². The summed E-state index contributed by atoms with van der Waals surface area (Å²) in [5.41, 5.74) is 3.60. The Morgan fingerprint density at radius 1 is 1.17 bits per heavy atom. The van der Waals surface area contributed by atoms with Gasteiger partial charge >= 0.3 is 0 Å². The van der Waals surface area contributed by atoms with E-state index in [0.717, 1.165) is 62.1 Å². The van der Waals surface area contributed by atoms with Crippen LogP contribution in [0.3, 0.4) is 0 Å². The van der Waals surface area contributed by atoms with E-state index in [2.05, 4.69) is 30.1 Å². The maximum absolute atomic E-state index is 5.61. The highest BCUT2D eigenvalue weighted by atomic mass is 16.5. The van der Waals surface area contributed by atoms with E-state index < -0.39 is 0 Å². The molecular formula is C22H34N4O3. The van der Waals surface area contributed by atoms with Crippen molar-refractivity contribution in [2.75, 3.05) is 44.9 Å². The average molecular weight is 403 g/mol. The van der Waals surface area contributed by atoms with E-state index in [9.17, 15) is 0 Å². The van der Waals surface area contributed by atoms with Crippen LogP contribution in [0.25, 0.3) is 0 Å². The van der Waals surface area contributed by atoms with E-state index >= 15 is 0 Å². The lowest BCUT2D eigenvalue weighted by Gasteiger charge is -2.29. The van der Waals surface area contributed by atoms with Gasteiger partial charge in [0, 0.05) is 38.8 Å². The summed E-state index contributed by atoms with van der Waals surface area (Å²) in [7, 11) is 3.71. The standard InChI is InChI=1S/C22H34N4O3/c1-6-29-19-8-7-17(13-20(19)27-5)14-23-15-18-21(16(2)3)24-25(4)22(18)26-9-11-28-12-10-26/h7-8,13,16,23H,6,9-12,14-15H2,1-5H3. The minimum atomic E-state index is 0.373. The third kappa shape index (κ3) is 5.03. The highest BCUT2D eigenvalue weighted by Crippen LogP contribution is 2.30. The molecule has 2 aromatic rings. The second-order valence-electron chi connectivity index (χ2n) is 7.59. The van der Waals surface area contributed by atoms with Crippen LogP contribution in [0.5, 0.6) is 11.5 Å². The van der Waals surface area contributed by atoms with Gasteiger partial charge in [0.05, 0.1) is 32.6 Å². The molecule has 160 valence electrons. The number of anilines is 1. The first-order valence-electron chi connectivity index (χ1n) is 10.4. The van der Waals surface area contributed by atoms with Crippen molar-refractivity contribution in [3.8, 4) is 11.5 Å². The Kier molecular flexibility index (Phi) is 7.39. The third-order valence-corrected chi connectivity index (χ3v) is 5.16. The number of ether oxygens (including phenoxy) is 3. The number of hydrogen-bond acceptors (Lipinski definition) is 6. The second-order valence-corrected chi connectivity index (χ2v) is 7.59. The number of nitrogens with zero attached hydrogens (tertiary/aromatic N) is 3. The molecule has 0 saturated carbocycles. The van der Waals surface area contributed by atoms with Crippen molar-refractivity contribution < 1.29 is 14.2 Å². The lowest BCUT2D eigenvalue weighted by Crippen LogP contribution is -2.38. The molecule has 1 N–H and O–H groups in total. The molecule has 0 bridgehead atoms. The molecule has 0 radical (unpaired) electrons. The fourth-order valence-electron chi connectivity index (χ4n) is 3.81. The molecule has 0 amide bonds. The summed E-state index contributed by atoms with van der Waals surface area (Å²) in [5.74, 6) is 3.12. The molecule has 7 nitrogen and oxygen atoms in total. The maximum atomic E-state index is 5.61. The SMILES string of the molecule is CCOc1ccc(CNCc2c(C(C)C)nn(C)c2N2CCOCC2)cc1OC. The zero-order chi connectivity index (χ0) is 20.8. The number of aryl methyl sites for hydroxylation is 1. The van der Waals surface area contributed by atoms with Crippen LogP contribution >= 0.6 is 0 Å². The van der Waals surface area contributed by atoms with Gasteiger partial charge in [-0.3, -0.25) is 4.68 Å². The van der Waals surface area contributed by atoms with Gasteiger partial charge in [-0.25, -0.2) is 0 Å². The molecule has 2 heterocycles. The molecule has 1 aliphatic rings. The molecule has 0 aliphatic carbocycles. The number of benzene rings is 1. The molecule has 29 heavy (non-hydrogen) atoms. The van der Waals surface area contributed by atoms with Crippen LogP contribution in [0.2, 0.25) is 0 Å². The molecule has 3 rings (SSSR count). The number of rotatable bonds is 9. The average Bonchev–Trinajstić information content (AvgIpc) is 3.06. The monoisotopic (exact) mass is 402 g/mol. The highest BCUT2D eigenvalue weighted by molar-refractivity contribution is 5.51. The van der Waals surface area contributed by atoms with Crippen molar-refractivity contribution in [1.82, 2.24) is 15.1 Å². The van der Waals surface area contributed by atoms with Crippen LogP contribution < -0.4 is 19.7 Å². The molecule has 0 atom stereocenters. The Hall–Kier alpha value is -2.25. The van der Waals surface area contributed by atoms with Crippen LogP contribution in [-0.2, 0) is 24.9 Å². The first-order chi connectivity index (χ1) is 14.0. The van der Waals surface area contributed by atoms with Crippen LogP contribution in [0.4, 0.5) is 5.82 Å². The van der Waals surface area contributed by atoms with Crippen molar-refractivity contribution in [3.63, 3.8) is 0 Å². The van der Waals surface area contributed by atoms with E-state index in [0.29, 0.717) is 12.5 Å². The quantitative estimate of drug-likeness (QED) is 0.696. The van der Waals surface area contributed by atoms with Gasteiger partial charge in [-0.05, 0) is 30.5 Å². The van der Waals surface area contributed by atoms with E-state index in [1.165, 1.54) is 11.4 Å². The molecular weight excluding hydrogens is 368 g/mol. The van der Waals surface area contributed by atoms with Gasteiger partial charge in [0.25, 0.3) is 0 Å². The van der Waals surface area contributed by atoms with Crippen molar-refractivity contribution in [3.05, 3.63) is 35.0 Å². The van der Waals surface area contributed by atoms with Gasteiger partial charge in [-0.15, -0.1) is 0 Å². The Labute approximate surface area is 173 Å². The van der Waals surface area contributed by atoms with Crippen LogP contribution in [0, 0.1) is 0 Å². The van der Waals surface area contributed by atoms with Crippen molar-refractivity contribution in [1.29, 1.82) is 0 Å². The minimum Gasteiger partial charge on any atom is -0.493 e. The summed E-state index contributed by atoms with van der Waals surface area (Å²) in [6, 6.07) is 6.09. The molecule has 1 saturated heterocycles. The molecule has 1 aromatic heterocycles. The van der Waals surface area contributed by atoms with Gasteiger partial charge in [0.15, 0.2) is 11.5 Å². The van der Waals surface area contributed by atoms with E-state index in [-0.39, 0.29) is 0 Å². The zero-order valence-electron chi connectivity index (χ0n) is 18.3. The molecule has 1 fully saturated rings. The number of hydrogen-bond donors (Lipinski definition) is 1. The summed E-state index contributed by atoms with van der Waals surface area (Å²) in [6.07, 6.45) is 0. The number of methoxy groups -OCH3 is 1. The van der Waals surface area contributed by atoms with Crippen molar-refractivity contribution >= 4 is 5.82 Å². The van der Waals surface area contributed by atoms with Crippen molar-refractivity contribution in [2.45, 2.75) is 39.8 Å². The van der Waals surface area contributed by atoms with E-state index in [4.69, 9.17) is 19.3 Å². The van der Waals surface area contributed by atoms with E-state index in [1.54, 1.807) is 7.11 Å². The molecule has 1 aliphatic heterocycles. The van der Waals surface area contributed by atoms with Crippen molar-refractivity contribution in [2.24, 2.45) is 7.05 Å². The Morgan fingerprint density at radius 2 is 1.93 bits per heavy atom. The Balaban J connectivity index is 1.74. The van der Waals surface area contributed by atoms with Crippen LogP contribution in [-0.4, -0.2) is 49.8 Å². The lowest BCUT2D eigenvalue weighted by molar-refractivity contribution is 0.122. The van der Waals surface area contributed by atoms with Crippen LogP contribution in [0.15, 0.2) is 18.2 Å². The largest absolute Gasteiger partial charge is 0.493 e. The number of aromatic nitrogens is 2. The predicted molar refractivity (Wildman–Crippen MR) is 115 cm³/mol. The first kappa shape index (κ1) is 21.5. The fraction of sp³-hybridized carbons (Fsp3) is 0.591. The molecule has 1 aromatic carbocycles. The smallest absolute Gasteiger partial charge is 0.161 e. The molecule has 7 heteroatoms. The number of nitrogens with one attached hydrogen (secondary N) is 1. The molecule has 0 spiro atoms. The Morgan fingerprint density at radius 3 is 2.59 bits per heavy atom. The maximum Gasteiger partial charge on any atom is 0.161 e. The summed E-state index contributed by atoms with van der Waals surface area (Å²) >= 11 is 0. The van der Waals surface area contributed by atoms with Gasteiger partial charge in [-0.2, -0.15) is 5.10 Å². The van der Waals surface area contributed by atoms with Gasteiger partial charge < -0.3 is 24.4 Å². The minimum absolute atomic E-state index is 0.373. The van der Waals surface area contributed by atoms with Gasteiger partial charge in [0.2, 0.25) is 0 Å². The summed E-state index contributed by atoms with van der Waals surface area (Å²) in [4.78, 5) is 2.39. The predicted octanol–water partition coefficient (Wildman–Crippen LogP) is 3.08. The second kappa shape index (κ2) is 9.98. The highest BCUT2D eigenvalue weighted by Gasteiger charge is 2.24. The van der Waals surface area contributed by atoms with E-state index in [1.807, 2.05) is 30.8 Å². The summed E-state index contributed by atoms with van der Waals surface area (Å²) in [6.45, 7) is 11.8. The fourth-order valence-corrected chi connectivity index (χ4v) is 3.81. The lowest BCUT2D eigenvalue weighted by atomic mass is 10.0. The number of morpholine rings is 1. The van der Waals surface area contributed by atoms with Gasteiger partial charge in [-0.1, -0.05) is 19.9 Å². The van der Waals surface area contributed by atoms with Crippen LogP contribution in [0.1, 0.15) is 43.5 Å². The summed E-state index contributed by atoms with van der Waals surface area (Å²) < 4.78 is 18.6.